The molecule has 26 heavy (non-hydrogen) atoms. The smallest absolute Gasteiger partial charge is 0.251 e. The Morgan fingerprint density at radius 2 is 1.85 bits per heavy atom. The number of sulfonamides is 1. The summed E-state index contributed by atoms with van der Waals surface area (Å²) in [7, 11) is -3.65. The number of hydrogen-bond donors (Lipinski definition) is 3. The van der Waals surface area contributed by atoms with Crippen LogP contribution in [0.1, 0.15) is 37.6 Å². The molecular formula is C17H28N4O4S. The Hall–Kier alpha value is -1.97. The van der Waals surface area contributed by atoms with Crippen LogP contribution in [0.25, 0.3) is 0 Å². The molecule has 1 atom stereocenters. The molecule has 0 bridgehead atoms. The van der Waals surface area contributed by atoms with Gasteiger partial charge < -0.3 is 16.4 Å². The van der Waals surface area contributed by atoms with E-state index in [4.69, 9.17) is 5.73 Å². The van der Waals surface area contributed by atoms with Crippen LogP contribution in [0.3, 0.4) is 0 Å². The van der Waals surface area contributed by atoms with Gasteiger partial charge in [0.2, 0.25) is 15.9 Å². The highest BCUT2D eigenvalue weighted by molar-refractivity contribution is 7.89. The van der Waals surface area contributed by atoms with Gasteiger partial charge in [-0.2, -0.15) is 4.31 Å². The molecule has 0 saturated heterocycles. The number of hydrogen-bond acceptors (Lipinski definition) is 5. The Balaban J connectivity index is 2.73. The number of amides is 2. The molecule has 146 valence electrons. The summed E-state index contributed by atoms with van der Waals surface area (Å²) in [5.41, 5.74) is 5.78. The lowest BCUT2D eigenvalue weighted by molar-refractivity contribution is -0.120. The van der Waals surface area contributed by atoms with Crippen molar-refractivity contribution in [1.82, 2.24) is 14.9 Å². The van der Waals surface area contributed by atoms with Crippen molar-refractivity contribution in [2.24, 2.45) is 5.73 Å². The Labute approximate surface area is 155 Å². The van der Waals surface area contributed by atoms with E-state index >= 15 is 0 Å². The maximum Gasteiger partial charge on any atom is 0.251 e. The van der Waals surface area contributed by atoms with Gasteiger partial charge in [-0.05, 0) is 31.5 Å². The molecule has 0 aliphatic heterocycles. The molecule has 1 aromatic rings. The summed E-state index contributed by atoms with van der Waals surface area (Å²) in [6.07, 6.45) is 0.644. The lowest BCUT2D eigenvalue weighted by Gasteiger charge is -2.18. The molecule has 0 aliphatic rings. The van der Waals surface area contributed by atoms with E-state index in [-0.39, 0.29) is 29.0 Å². The first-order valence-electron chi connectivity index (χ1n) is 8.63. The van der Waals surface area contributed by atoms with Crippen molar-refractivity contribution in [3.8, 4) is 0 Å². The third-order valence-corrected chi connectivity index (χ3v) is 5.82. The van der Waals surface area contributed by atoms with Crippen molar-refractivity contribution in [2.45, 2.75) is 38.1 Å². The number of carbonyl (C=O) groups excluding carboxylic acids is 2. The zero-order valence-electron chi connectivity index (χ0n) is 15.5. The maximum absolute atomic E-state index is 12.5. The fourth-order valence-electron chi connectivity index (χ4n) is 2.27. The van der Waals surface area contributed by atoms with E-state index in [0.29, 0.717) is 26.1 Å². The molecule has 1 aromatic carbocycles. The molecule has 1 unspecified atom stereocenters. The lowest BCUT2D eigenvalue weighted by atomic mass is 10.2. The predicted molar refractivity (Wildman–Crippen MR) is 100 cm³/mol. The Morgan fingerprint density at radius 1 is 1.19 bits per heavy atom. The van der Waals surface area contributed by atoms with Crippen molar-refractivity contribution < 1.29 is 18.0 Å². The van der Waals surface area contributed by atoms with Gasteiger partial charge in [0.25, 0.3) is 5.91 Å². The summed E-state index contributed by atoms with van der Waals surface area (Å²) < 4.78 is 26.4. The van der Waals surface area contributed by atoms with Gasteiger partial charge in [-0.25, -0.2) is 8.42 Å². The van der Waals surface area contributed by atoms with Crippen molar-refractivity contribution >= 4 is 21.8 Å². The number of benzene rings is 1. The van der Waals surface area contributed by atoms with Crippen LogP contribution in [0.4, 0.5) is 0 Å². The van der Waals surface area contributed by atoms with Crippen LogP contribution in [0.15, 0.2) is 29.2 Å². The van der Waals surface area contributed by atoms with Crippen LogP contribution < -0.4 is 16.4 Å². The van der Waals surface area contributed by atoms with Crippen molar-refractivity contribution in [1.29, 1.82) is 0 Å². The van der Waals surface area contributed by atoms with Crippen molar-refractivity contribution in [2.75, 3.05) is 26.2 Å². The summed E-state index contributed by atoms with van der Waals surface area (Å²) >= 11 is 0. The highest BCUT2D eigenvalue weighted by atomic mass is 32.2. The topological polar surface area (TPSA) is 122 Å². The Kier molecular flexibility index (Phi) is 8.70. The predicted octanol–water partition coefficient (Wildman–Crippen LogP) is 0.300. The number of nitrogens with zero attached hydrogens (tertiary/aromatic N) is 1. The summed E-state index contributed by atoms with van der Waals surface area (Å²) in [4.78, 5) is 23.9. The van der Waals surface area contributed by atoms with Gasteiger partial charge in [-0.1, -0.05) is 19.9 Å². The average molecular weight is 385 g/mol. The van der Waals surface area contributed by atoms with Crippen LogP contribution in [-0.4, -0.2) is 56.8 Å². The summed E-state index contributed by atoms with van der Waals surface area (Å²) in [6.45, 7) is 6.28. The molecule has 0 fully saturated rings. The van der Waals surface area contributed by atoms with Gasteiger partial charge in [0.05, 0.1) is 11.4 Å². The second kappa shape index (κ2) is 10.2. The van der Waals surface area contributed by atoms with E-state index in [1.54, 1.807) is 13.8 Å². The molecule has 0 spiro atoms. The van der Waals surface area contributed by atoms with Crippen LogP contribution in [0, 0.1) is 0 Å². The standard InChI is InChI=1S/C17H28N4O4S/c1-4-21(5-2)26(24,25)15-8-6-7-14(11-15)17(23)20-12-16(22)19-10-9-13(3)18/h6-8,11,13H,4-5,9-10,12,18H2,1-3H3,(H,19,22)(H,20,23). The third kappa shape index (κ3) is 6.40. The van der Waals surface area contributed by atoms with Crippen LogP contribution in [0.5, 0.6) is 0 Å². The van der Waals surface area contributed by atoms with E-state index < -0.39 is 15.9 Å². The first-order valence-corrected chi connectivity index (χ1v) is 10.1. The molecule has 9 heteroatoms. The van der Waals surface area contributed by atoms with E-state index in [1.165, 1.54) is 28.6 Å². The van der Waals surface area contributed by atoms with E-state index in [9.17, 15) is 18.0 Å². The second-order valence-corrected chi connectivity index (χ2v) is 7.85. The van der Waals surface area contributed by atoms with Gasteiger partial charge in [-0.3, -0.25) is 9.59 Å². The van der Waals surface area contributed by atoms with Gasteiger partial charge >= 0.3 is 0 Å². The third-order valence-electron chi connectivity index (χ3n) is 3.77. The average Bonchev–Trinajstić information content (AvgIpc) is 2.60. The fraction of sp³-hybridized carbons (Fsp3) is 0.529. The minimum absolute atomic E-state index is 0.0135. The van der Waals surface area contributed by atoms with Gasteiger partial charge in [-0.15, -0.1) is 0 Å². The highest BCUT2D eigenvalue weighted by Gasteiger charge is 2.22. The monoisotopic (exact) mass is 384 g/mol. The van der Waals surface area contributed by atoms with Gasteiger partial charge in [0, 0.05) is 31.2 Å². The quantitative estimate of drug-likeness (QED) is 0.536. The van der Waals surface area contributed by atoms with E-state index in [1.807, 2.05) is 6.92 Å². The number of nitrogens with one attached hydrogen (secondary N) is 2. The Bertz CT molecular complexity index is 715. The molecule has 1 rings (SSSR count). The molecule has 2 amide bonds. The minimum atomic E-state index is -3.65. The van der Waals surface area contributed by atoms with Gasteiger partial charge in [0.15, 0.2) is 0 Å². The SMILES string of the molecule is CCN(CC)S(=O)(=O)c1cccc(C(=O)NCC(=O)NCCC(C)N)c1. The molecule has 0 aliphatic carbocycles. The summed E-state index contributed by atoms with van der Waals surface area (Å²) in [6, 6.07) is 5.76. The first-order chi connectivity index (χ1) is 12.2. The van der Waals surface area contributed by atoms with Crippen LogP contribution >= 0.6 is 0 Å². The Morgan fingerprint density at radius 3 is 2.42 bits per heavy atom. The molecular weight excluding hydrogens is 356 g/mol. The van der Waals surface area contributed by atoms with Crippen molar-refractivity contribution in [3.63, 3.8) is 0 Å². The zero-order chi connectivity index (χ0) is 19.7. The highest BCUT2D eigenvalue weighted by Crippen LogP contribution is 2.16. The second-order valence-electron chi connectivity index (χ2n) is 5.92. The van der Waals surface area contributed by atoms with Crippen molar-refractivity contribution in [3.05, 3.63) is 29.8 Å². The minimum Gasteiger partial charge on any atom is -0.355 e. The molecule has 0 heterocycles. The molecule has 0 saturated carbocycles. The zero-order valence-corrected chi connectivity index (χ0v) is 16.3. The number of nitrogens with two attached hydrogens (primary N) is 1. The maximum atomic E-state index is 12.5. The van der Waals surface area contributed by atoms with Gasteiger partial charge in [0.1, 0.15) is 0 Å². The summed E-state index contributed by atoms with van der Waals surface area (Å²) in [5.74, 6) is -0.838. The largest absolute Gasteiger partial charge is 0.355 e. The normalized spacial score (nSPS) is 12.7. The molecule has 0 aromatic heterocycles. The fourth-order valence-corrected chi connectivity index (χ4v) is 3.78. The van der Waals surface area contributed by atoms with Crippen LogP contribution in [0.2, 0.25) is 0 Å². The molecule has 0 radical (unpaired) electrons. The summed E-state index contributed by atoms with van der Waals surface area (Å²) in [5, 5.41) is 5.13. The van der Waals surface area contributed by atoms with E-state index in [0.717, 1.165) is 0 Å². The molecule has 8 nitrogen and oxygen atoms in total. The lowest BCUT2D eigenvalue weighted by Crippen LogP contribution is -2.38. The number of carbonyl (C=O) groups is 2. The number of rotatable bonds is 10. The molecule has 4 N–H and O–H groups in total. The first kappa shape index (κ1) is 22.1. The van der Waals surface area contributed by atoms with E-state index in [2.05, 4.69) is 10.6 Å². The van der Waals surface area contributed by atoms with Crippen LogP contribution in [-0.2, 0) is 14.8 Å².